The zero-order valence-corrected chi connectivity index (χ0v) is 20.9. The van der Waals surface area contributed by atoms with Gasteiger partial charge in [-0.1, -0.05) is 57.3 Å². The summed E-state index contributed by atoms with van der Waals surface area (Å²) in [5, 5.41) is 3.20. The number of carbonyl (C=O) groups excluding carboxylic acids is 3. The number of hydrogen-bond acceptors (Lipinski definition) is 4. The summed E-state index contributed by atoms with van der Waals surface area (Å²) in [6.45, 7) is 1.98. The molecule has 3 aromatic rings. The normalized spacial score (nSPS) is 15.0. The van der Waals surface area contributed by atoms with Gasteiger partial charge in [-0.2, -0.15) is 0 Å². The van der Waals surface area contributed by atoms with Crippen molar-refractivity contribution in [1.29, 1.82) is 0 Å². The van der Waals surface area contributed by atoms with Crippen LogP contribution in [0.1, 0.15) is 16.7 Å². The van der Waals surface area contributed by atoms with Crippen molar-refractivity contribution in [3.05, 3.63) is 97.4 Å². The van der Waals surface area contributed by atoms with Gasteiger partial charge in [-0.05, 0) is 61.0 Å². The van der Waals surface area contributed by atoms with E-state index in [1.807, 2.05) is 13.0 Å². The predicted molar refractivity (Wildman–Crippen MR) is 135 cm³/mol. The summed E-state index contributed by atoms with van der Waals surface area (Å²) in [5.41, 5.74) is 2.22. The lowest BCUT2D eigenvalue weighted by molar-refractivity contribution is -0.122. The zero-order valence-electron chi connectivity index (χ0n) is 17.8. The lowest BCUT2D eigenvalue weighted by Crippen LogP contribution is -2.54. The second kappa shape index (κ2) is 10.0. The summed E-state index contributed by atoms with van der Waals surface area (Å²) in [5.74, 6) is -1.10. The van der Waals surface area contributed by atoms with Gasteiger partial charge in [-0.3, -0.25) is 14.9 Å². The number of urea groups is 1. The Hall–Kier alpha value is -3.13. The lowest BCUT2D eigenvalue weighted by atomic mass is 10.1. The molecule has 0 unspecified atom stereocenters. The van der Waals surface area contributed by atoms with Gasteiger partial charge in [0.15, 0.2) is 0 Å². The molecule has 9 heteroatoms. The highest BCUT2D eigenvalue weighted by molar-refractivity contribution is 9.10. The van der Waals surface area contributed by atoms with Crippen molar-refractivity contribution in [2.45, 2.75) is 13.5 Å². The first-order valence-electron chi connectivity index (χ1n) is 10.1. The largest absolute Gasteiger partial charge is 0.488 e. The van der Waals surface area contributed by atoms with Crippen LogP contribution in [0.2, 0.25) is 10.0 Å². The second-order valence-corrected chi connectivity index (χ2v) is 9.26. The third kappa shape index (κ3) is 5.17. The van der Waals surface area contributed by atoms with Crippen LogP contribution in [0.15, 0.2) is 70.7 Å². The summed E-state index contributed by atoms with van der Waals surface area (Å²) in [7, 11) is 0. The molecular formula is C25H17BrCl2N2O4. The maximum Gasteiger partial charge on any atom is 0.335 e. The number of amides is 4. The van der Waals surface area contributed by atoms with Crippen LogP contribution in [-0.2, 0) is 16.2 Å². The molecule has 0 aliphatic carbocycles. The SMILES string of the molecule is Cc1cccc(N2C(=O)NC(=O)/C(=C\c3cc(Br)ccc3OCc3ccc(Cl)cc3Cl)C2=O)c1. The molecule has 0 saturated carbocycles. The number of halogens is 3. The van der Waals surface area contributed by atoms with Gasteiger partial charge in [0.25, 0.3) is 11.8 Å². The monoisotopic (exact) mass is 558 g/mol. The van der Waals surface area contributed by atoms with Crippen molar-refractivity contribution in [3.8, 4) is 5.75 Å². The fourth-order valence-electron chi connectivity index (χ4n) is 3.37. The Morgan fingerprint density at radius 2 is 1.82 bits per heavy atom. The molecule has 3 aromatic carbocycles. The van der Waals surface area contributed by atoms with E-state index < -0.39 is 17.8 Å². The van der Waals surface area contributed by atoms with Crippen molar-refractivity contribution >= 4 is 68.7 Å². The molecule has 0 atom stereocenters. The maximum absolute atomic E-state index is 13.2. The molecular weight excluding hydrogens is 543 g/mol. The van der Waals surface area contributed by atoms with Crippen LogP contribution < -0.4 is 15.0 Å². The van der Waals surface area contributed by atoms with E-state index in [0.29, 0.717) is 31.5 Å². The Kier molecular flexibility index (Phi) is 7.07. The Bertz CT molecular complexity index is 1360. The van der Waals surface area contributed by atoms with E-state index in [9.17, 15) is 14.4 Å². The number of nitrogens with one attached hydrogen (secondary N) is 1. The Morgan fingerprint density at radius 1 is 1.03 bits per heavy atom. The fourth-order valence-corrected chi connectivity index (χ4v) is 4.21. The number of hydrogen-bond donors (Lipinski definition) is 1. The van der Waals surface area contributed by atoms with Crippen molar-refractivity contribution in [3.63, 3.8) is 0 Å². The molecule has 0 aromatic heterocycles. The lowest BCUT2D eigenvalue weighted by Gasteiger charge is -2.26. The quantitative estimate of drug-likeness (QED) is 0.293. The van der Waals surface area contributed by atoms with Crippen LogP contribution in [0, 0.1) is 6.92 Å². The van der Waals surface area contributed by atoms with Gasteiger partial charge < -0.3 is 4.74 Å². The molecule has 1 heterocycles. The first kappa shape index (κ1) is 24.0. The number of benzene rings is 3. The molecule has 0 bridgehead atoms. The third-order valence-electron chi connectivity index (χ3n) is 5.03. The number of aryl methyl sites for hydroxylation is 1. The summed E-state index contributed by atoms with van der Waals surface area (Å²) in [6.07, 6.45) is 1.40. The molecule has 1 N–H and O–H groups in total. The number of anilines is 1. The van der Waals surface area contributed by atoms with E-state index in [-0.39, 0.29) is 12.2 Å². The van der Waals surface area contributed by atoms with Crippen molar-refractivity contribution in [2.75, 3.05) is 4.90 Å². The molecule has 4 amide bonds. The van der Waals surface area contributed by atoms with Crippen LogP contribution in [0.3, 0.4) is 0 Å². The summed E-state index contributed by atoms with van der Waals surface area (Å²) in [6, 6.07) is 16.3. The van der Waals surface area contributed by atoms with E-state index in [4.69, 9.17) is 27.9 Å². The van der Waals surface area contributed by atoms with Gasteiger partial charge in [0.05, 0.1) is 5.69 Å². The van der Waals surface area contributed by atoms with E-state index in [2.05, 4.69) is 21.2 Å². The van der Waals surface area contributed by atoms with E-state index in [1.165, 1.54) is 6.08 Å². The number of carbonyl (C=O) groups is 3. The fraction of sp³-hybridized carbons (Fsp3) is 0.0800. The van der Waals surface area contributed by atoms with Crippen molar-refractivity contribution in [2.24, 2.45) is 0 Å². The van der Waals surface area contributed by atoms with Gasteiger partial charge in [0.1, 0.15) is 17.9 Å². The molecule has 1 aliphatic rings. The van der Waals surface area contributed by atoms with Gasteiger partial charge in [0, 0.05) is 25.6 Å². The van der Waals surface area contributed by atoms with E-state index >= 15 is 0 Å². The Labute approximate surface area is 214 Å². The van der Waals surface area contributed by atoms with Crippen molar-refractivity contribution in [1.82, 2.24) is 5.32 Å². The smallest absolute Gasteiger partial charge is 0.335 e. The zero-order chi connectivity index (χ0) is 24.4. The average Bonchev–Trinajstić information content (AvgIpc) is 2.77. The molecule has 172 valence electrons. The molecule has 0 radical (unpaired) electrons. The molecule has 4 rings (SSSR count). The first-order valence-corrected chi connectivity index (χ1v) is 11.6. The average molecular weight is 560 g/mol. The molecule has 34 heavy (non-hydrogen) atoms. The minimum atomic E-state index is -0.805. The number of barbiturate groups is 1. The van der Waals surface area contributed by atoms with Crippen LogP contribution in [-0.4, -0.2) is 17.8 Å². The standard InChI is InChI=1S/C25H17BrCl2N2O4/c1-14-3-2-4-19(9-14)30-24(32)20(23(31)29-25(30)33)11-16-10-17(26)6-8-22(16)34-13-15-5-7-18(27)12-21(15)28/h2-12H,13H2,1H3,(H,29,31,33)/b20-11+. The summed E-state index contributed by atoms with van der Waals surface area (Å²) < 4.78 is 6.66. The van der Waals surface area contributed by atoms with Gasteiger partial charge >= 0.3 is 6.03 Å². The van der Waals surface area contributed by atoms with E-state index in [1.54, 1.807) is 54.6 Å². The number of rotatable bonds is 5. The number of nitrogens with zero attached hydrogens (tertiary/aromatic N) is 1. The van der Waals surface area contributed by atoms with Crippen LogP contribution in [0.25, 0.3) is 6.08 Å². The topological polar surface area (TPSA) is 75.7 Å². The number of imide groups is 2. The maximum atomic E-state index is 13.2. The van der Waals surface area contributed by atoms with Crippen LogP contribution in [0.5, 0.6) is 5.75 Å². The van der Waals surface area contributed by atoms with Gasteiger partial charge in [-0.15, -0.1) is 0 Å². The summed E-state index contributed by atoms with van der Waals surface area (Å²) >= 11 is 15.6. The molecule has 1 fully saturated rings. The minimum Gasteiger partial charge on any atom is -0.488 e. The second-order valence-electron chi connectivity index (χ2n) is 7.50. The first-order chi connectivity index (χ1) is 16.2. The highest BCUT2D eigenvalue weighted by Gasteiger charge is 2.37. The molecule has 0 spiro atoms. The molecule has 1 saturated heterocycles. The van der Waals surface area contributed by atoms with E-state index in [0.717, 1.165) is 16.0 Å². The summed E-state index contributed by atoms with van der Waals surface area (Å²) in [4.78, 5) is 39.2. The predicted octanol–water partition coefficient (Wildman–Crippen LogP) is 6.31. The Balaban J connectivity index is 1.68. The Morgan fingerprint density at radius 3 is 2.56 bits per heavy atom. The van der Waals surface area contributed by atoms with Crippen LogP contribution >= 0.6 is 39.1 Å². The molecule has 6 nitrogen and oxygen atoms in total. The minimum absolute atomic E-state index is 0.141. The van der Waals surface area contributed by atoms with Crippen LogP contribution in [0.4, 0.5) is 10.5 Å². The highest BCUT2D eigenvalue weighted by Crippen LogP contribution is 2.30. The third-order valence-corrected chi connectivity index (χ3v) is 6.11. The molecule has 1 aliphatic heterocycles. The number of ether oxygens (including phenoxy) is 1. The highest BCUT2D eigenvalue weighted by atomic mass is 79.9. The van der Waals surface area contributed by atoms with Gasteiger partial charge in [-0.25, -0.2) is 9.69 Å². The van der Waals surface area contributed by atoms with Gasteiger partial charge in [0.2, 0.25) is 0 Å². The van der Waals surface area contributed by atoms with Crippen molar-refractivity contribution < 1.29 is 19.1 Å².